The summed E-state index contributed by atoms with van der Waals surface area (Å²) < 4.78 is 29.3. The van der Waals surface area contributed by atoms with E-state index >= 15 is 0 Å². The minimum atomic E-state index is -3.76. The lowest BCUT2D eigenvalue weighted by molar-refractivity contribution is 0.486. The largest absolute Gasteiger partial charge is 0.379 e. The van der Waals surface area contributed by atoms with Crippen LogP contribution in [0, 0.1) is 6.92 Å². The van der Waals surface area contributed by atoms with Crippen molar-refractivity contribution < 1.29 is 12.6 Å². The normalized spacial score (nSPS) is 11.3. The molecule has 0 aromatic heterocycles. The molecule has 2 aromatic rings. The molecule has 0 bridgehead atoms. The molecule has 0 aliphatic heterocycles. The minimum absolute atomic E-state index is 0.167. The first-order valence-electron chi connectivity index (χ1n) is 6.61. The van der Waals surface area contributed by atoms with E-state index in [2.05, 4.69) is 6.92 Å². The van der Waals surface area contributed by atoms with Crippen molar-refractivity contribution in [3.05, 3.63) is 59.7 Å². The quantitative estimate of drug-likeness (QED) is 0.788. The lowest BCUT2D eigenvalue weighted by Gasteiger charge is -2.08. The van der Waals surface area contributed by atoms with Gasteiger partial charge in [-0.15, -0.1) is 0 Å². The van der Waals surface area contributed by atoms with Crippen molar-refractivity contribution in [2.75, 3.05) is 0 Å². The molecule has 0 radical (unpaired) electrons. The van der Waals surface area contributed by atoms with Crippen molar-refractivity contribution in [3.8, 4) is 5.75 Å². The smallest absolute Gasteiger partial charge is 0.339 e. The van der Waals surface area contributed by atoms with Crippen LogP contribution in [0.3, 0.4) is 0 Å². The first-order valence-corrected chi connectivity index (χ1v) is 8.02. The van der Waals surface area contributed by atoms with Gasteiger partial charge in [0, 0.05) is 0 Å². The summed E-state index contributed by atoms with van der Waals surface area (Å²) in [7, 11) is -3.76. The lowest BCUT2D eigenvalue weighted by Crippen LogP contribution is -2.09. The standard InChI is InChI=1S/C16H18O3S/c1-3-4-14-7-9-15(10-8-14)19-20(17,18)16-11-5-13(2)6-12-16/h5-12H,3-4H2,1-2H3. The molecule has 2 rings (SSSR count). The van der Waals surface area contributed by atoms with Crippen LogP contribution in [0.15, 0.2) is 53.4 Å². The van der Waals surface area contributed by atoms with Crippen LogP contribution in [0.5, 0.6) is 5.75 Å². The van der Waals surface area contributed by atoms with E-state index in [1.807, 2.05) is 19.1 Å². The Kier molecular flexibility index (Phi) is 4.45. The van der Waals surface area contributed by atoms with Crippen LogP contribution in [0.1, 0.15) is 24.5 Å². The fourth-order valence-corrected chi connectivity index (χ4v) is 2.81. The highest BCUT2D eigenvalue weighted by molar-refractivity contribution is 7.87. The first kappa shape index (κ1) is 14.6. The Bertz CT molecular complexity index is 656. The molecular weight excluding hydrogens is 272 g/mol. The highest BCUT2D eigenvalue weighted by Crippen LogP contribution is 2.20. The maximum Gasteiger partial charge on any atom is 0.339 e. The molecule has 3 nitrogen and oxygen atoms in total. The summed E-state index contributed by atoms with van der Waals surface area (Å²) in [5.74, 6) is 0.338. The third kappa shape index (κ3) is 3.61. The second-order valence-electron chi connectivity index (χ2n) is 4.74. The van der Waals surface area contributed by atoms with Crippen LogP contribution in [0.25, 0.3) is 0 Å². The lowest BCUT2D eigenvalue weighted by atomic mass is 10.1. The average molecular weight is 290 g/mol. The zero-order valence-electron chi connectivity index (χ0n) is 11.7. The fourth-order valence-electron chi connectivity index (χ4n) is 1.88. The fraction of sp³-hybridized carbons (Fsp3) is 0.250. The van der Waals surface area contributed by atoms with E-state index < -0.39 is 10.1 Å². The van der Waals surface area contributed by atoms with Gasteiger partial charge in [0.05, 0.1) is 0 Å². The van der Waals surface area contributed by atoms with Gasteiger partial charge >= 0.3 is 10.1 Å². The van der Waals surface area contributed by atoms with Crippen LogP contribution in [-0.2, 0) is 16.5 Å². The van der Waals surface area contributed by atoms with E-state index in [0.29, 0.717) is 5.75 Å². The second kappa shape index (κ2) is 6.09. The van der Waals surface area contributed by atoms with Gasteiger partial charge in [0.15, 0.2) is 0 Å². The van der Waals surface area contributed by atoms with Crippen molar-refractivity contribution in [2.24, 2.45) is 0 Å². The molecule has 0 fully saturated rings. The number of rotatable bonds is 5. The van der Waals surface area contributed by atoms with Gasteiger partial charge in [-0.25, -0.2) is 0 Å². The van der Waals surface area contributed by atoms with E-state index in [4.69, 9.17) is 4.18 Å². The van der Waals surface area contributed by atoms with E-state index in [-0.39, 0.29) is 4.90 Å². The predicted molar refractivity (Wildman–Crippen MR) is 79.4 cm³/mol. The van der Waals surface area contributed by atoms with Gasteiger partial charge in [0.1, 0.15) is 10.6 Å². The molecule has 0 unspecified atom stereocenters. The highest BCUT2D eigenvalue weighted by atomic mass is 32.2. The van der Waals surface area contributed by atoms with Gasteiger partial charge < -0.3 is 4.18 Å². The van der Waals surface area contributed by atoms with E-state index in [1.54, 1.807) is 36.4 Å². The SMILES string of the molecule is CCCc1ccc(OS(=O)(=O)c2ccc(C)cc2)cc1. The Hall–Kier alpha value is -1.81. The zero-order chi connectivity index (χ0) is 14.6. The average Bonchev–Trinajstić information content (AvgIpc) is 2.41. The van der Waals surface area contributed by atoms with E-state index in [1.165, 1.54) is 5.56 Å². The predicted octanol–water partition coefficient (Wildman–Crippen LogP) is 3.72. The summed E-state index contributed by atoms with van der Waals surface area (Å²) in [6.07, 6.45) is 2.03. The van der Waals surface area contributed by atoms with E-state index in [9.17, 15) is 8.42 Å². The van der Waals surface area contributed by atoms with Crippen LogP contribution in [0.2, 0.25) is 0 Å². The summed E-state index contributed by atoms with van der Waals surface area (Å²) in [5, 5.41) is 0. The molecule has 2 aromatic carbocycles. The van der Waals surface area contributed by atoms with Crippen molar-refractivity contribution in [2.45, 2.75) is 31.6 Å². The van der Waals surface area contributed by atoms with Gasteiger partial charge in [0.25, 0.3) is 0 Å². The van der Waals surface area contributed by atoms with E-state index in [0.717, 1.165) is 18.4 Å². The molecule has 0 heterocycles. The van der Waals surface area contributed by atoms with Crippen molar-refractivity contribution in [1.82, 2.24) is 0 Å². The molecule has 0 saturated heterocycles. The second-order valence-corrected chi connectivity index (χ2v) is 6.29. The molecule has 0 amide bonds. The number of hydrogen-bond acceptors (Lipinski definition) is 3. The van der Waals surface area contributed by atoms with Crippen LogP contribution < -0.4 is 4.18 Å². The van der Waals surface area contributed by atoms with Crippen molar-refractivity contribution >= 4 is 10.1 Å². The summed E-state index contributed by atoms with van der Waals surface area (Å²) in [6.45, 7) is 4.01. The number of aryl methyl sites for hydroxylation is 2. The minimum Gasteiger partial charge on any atom is -0.379 e. The van der Waals surface area contributed by atoms with Gasteiger partial charge in [-0.3, -0.25) is 0 Å². The Morgan fingerprint density at radius 3 is 2.10 bits per heavy atom. The maximum absolute atomic E-state index is 12.1. The molecule has 20 heavy (non-hydrogen) atoms. The molecule has 0 aliphatic carbocycles. The molecule has 0 aliphatic rings. The van der Waals surface area contributed by atoms with Crippen molar-refractivity contribution in [1.29, 1.82) is 0 Å². The van der Waals surface area contributed by atoms with Gasteiger partial charge in [-0.2, -0.15) is 8.42 Å². The van der Waals surface area contributed by atoms with Crippen LogP contribution in [0.4, 0.5) is 0 Å². The summed E-state index contributed by atoms with van der Waals surface area (Å²) in [5.41, 5.74) is 2.18. The first-order chi connectivity index (χ1) is 9.51. The molecule has 0 atom stereocenters. The van der Waals surface area contributed by atoms with Gasteiger partial charge in [-0.1, -0.05) is 43.2 Å². The third-order valence-corrected chi connectivity index (χ3v) is 4.24. The summed E-state index contributed by atoms with van der Waals surface area (Å²) in [4.78, 5) is 0.167. The topological polar surface area (TPSA) is 43.4 Å². The van der Waals surface area contributed by atoms with Crippen LogP contribution >= 0.6 is 0 Å². The molecule has 0 N–H and O–H groups in total. The summed E-state index contributed by atoms with van der Waals surface area (Å²) in [6, 6.07) is 13.8. The van der Waals surface area contributed by atoms with Gasteiger partial charge in [-0.05, 0) is 43.2 Å². The number of benzene rings is 2. The Labute approximate surface area is 120 Å². The third-order valence-electron chi connectivity index (χ3n) is 2.98. The monoisotopic (exact) mass is 290 g/mol. The number of hydrogen-bond donors (Lipinski definition) is 0. The summed E-state index contributed by atoms with van der Waals surface area (Å²) >= 11 is 0. The molecule has 106 valence electrons. The molecular formula is C16H18O3S. The van der Waals surface area contributed by atoms with Gasteiger partial charge in [0.2, 0.25) is 0 Å². The van der Waals surface area contributed by atoms with Crippen molar-refractivity contribution in [3.63, 3.8) is 0 Å². The maximum atomic E-state index is 12.1. The molecule has 0 saturated carbocycles. The molecule has 0 spiro atoms. The highest BCUT2D eigenvalue weighted by Gasteiger charge is 2.16. The Morgan fingerprint density at radius 1 is 0.950 bits per heavy atom. The Balaban J connectivity index is 2.17. The zero-order valence-corrected chi connectivity index (χ0v) is 12.5. The molecule has 4 heteroatoms. The van der Waals surface area contributed by atoms with Crippen LogP contribution in [-0.4, -0.2) is 8.42 Å². The Morgan fingerprint density at radius 2 is 1.55 bits per heavy atom.